The predicted molar refractivity (Wildman–Crippen MR) is 144 cm³/mol. The van der Waals surface area contributed by atoms with E-state index in [2.05, 4.69) is 22.8 Å². The number of hydrogen-bond donors (Lipinski definition) is 2. The second-order valence-electron chi connectivity index (χ2n) is 8.28. The fourth-order valence-electron chi connectivity index (χ4n) is 3.53. The van der Waals surface area contributed by atoms with Crippen molar-refractivity contribution in [1.29, 1.82) is 0 Å². The van der Waals surface area contributed by atoms with Crippen LogP contribution in [0.2, 0.25) is 0 Å². The van der Waals surface area contributed by atoms with Crippen LogP contribution in [0.1, 0.15) is 35.7 Å². The van der Waals surface area contributed by atoms with Gasteiger partial charge in [0.05, 0.1) is 25.1 Å². The lowest BCUT2D eigenvalue weighted by Gasteiger charge is -2.07. The van der Waals surface area contributed by atoms with Crippen LogP contribution in [0.15, 0.2) is 96.2 Å². The Morgan fingerprint density at radius 2 is 1.68 bits per heavy atom. The first-order valence-corrected chi connectivity index (χ1v) is 12.2. The van der Waals surface area contributed by atoms with E-state index in [-0.39, 0.29) is 12.5 Å². The summed E-state index contributed by atoms with van der Waals surface area (Å²) in [5.41, 5.74) is 6.22. The van der Waals surface area contributed by atoms with E-state index in [1.807, 2.05) is 66.9 Å². The first-order chi connectivity index (χ1) is 18.1. The van der Waals surface area contributed by atoms with Crippen LogP contribution in [0.4, 0.5) is 0 Å². The molecule has 1 heterocycles. The molecule has 0 aliphatic rings. The van der Waals surface area contributed by atoms with Crippen LogP contribution < -0.4 is 15.5 Å². The molecule has 0 spiro atoms. The molecule has 37 heavy (non-hydrogen) atoms. The number of aromatic nitrogens is 2. The largest absolute Gasteiger partial charge is 0.494 e. The zero-order chi connectivity index (χ0) is 25.9. The molecule has 0 atom stereocenters. The average Bonchev–Trinajstić information content (AvgIpc) is 3.37. The highest BCUT2D eigenvalue weighted by atomic mass is 16.5. The Morgan fingerprint density at radius 1 is 0.973 bits per heavy atom. The monoisotopic (exact) mass is 495 g/mol. The second kappa shape index (κ2) is 12.8. The number of carbonyl (C=O) groups excluding carboxylic acids is 2. The minimum atomic E-state index is -0.444. The highest BCUT2D eigenvalue weighted by Gasteiger charge is 2.12. The molecule has 0 aliphatic carbocycles. The Kier molecular flexibility index (Phi) is 8.80. The Balaban J connectivity index is 1.35. The molecular weight excluding hydrogens is 466 g/mol. The lowest BCUT2D eigenvalue weighted by atomic mass is 10.1. The molecule has 0 saturated heterocycles. The Morgan fingerprint density at radius 3 is 2.38 bits per heavy atom. The number of nitrogens with zero attached hydrogens (tertiary/aromatic N) is 3. The summed E-state index contributed by atoms with van der Waals surface area (Å²) in [5, 5.41) is 11.4. The molecule has 8 heteroatoms. The summed E-state index contributed by atoms with van der Waals surface area (Å²) < 4.78 is 7.38. The zero-order valence-corrected chi connectivity index (χ0v) is 20.6. The maximum absolute atomic E-state index is 12.4. The number of hydrazone groups is 1. The summed E-state index contributed by atoms with van der Waals surface area (Å²) in [5.74, 6) is -0.0851. The van der Waals surface area contributed by atoms with Crippen molar-refractivity contribution in [2.45, 2.75) is 19.8 Å². The van der Waals surface area contributed by atoms with Gasteiger partial charge in [-0.25, -0.2) is 10.1 Å². The van der Waals surface area contributed by atoms with E-state index < -0.39 is 5.91 Å². The van der Waals surface area contributed by atoms with Gasteiger partial charge >= 0.3 is 0 Å². The SMILES string of the molecule is CCCCOc1ccc(C(=O)NCC(=O)N/N=C/c2cn(-c3ccccc3)nc2-c2ccccc2)cc1. The lowest BCUT2D eigenvalue weighted by molar-refractivity contribution is -0.120. The summed E-state index contributed by atoms with van der Waals surface area (Å²) in [6.07, 6.45) is 5.43. The maximum atomic E-state index is 12.4. The first kappa shape index (κ1) is 25.4. The van der Waals surface area contributed by atoms with Gasteiger partial charge in [-0.05, 0) is 42.8 Å². The number of hydrogen-bond acceptors (Lipinski definition) is 5. The Labute approximate surface area is 216 Å². The third-order valence-electron chi connectivity index (χ3n) is 5.50. The number of ether oxygens (including phenoxy) is 1. The van der Waals surface area contributed by atoms with Gasteiger partial charge in [0.2, 0.25) is 0 Å². The fraction of sp³-hybridized carbons (Fsp3) is 0.172. The number of nitrogens with one attached hydrogen (secondary N) is 2. The van der Waals surface area contributed by atoms with Crippen LogP contribution in [0, 0.1) is 0 Å². The van der Waals surface area contributed by atoms with E-state index in [1.54, 1.807) is 35.2 Å². The van der Waals surface area contributed by atoms with Gasteiger partial charge in [-0.2, -0.15) is 10.2 Å². The highest BCUT2D eigenvalue weighted by molar-refractivity contribution is 5.96. The van der Waals surface area contributed by atoms with Crippen LogP contribution in [-0.2, 0) is 4.79 Å². The van der Waals surface area contributed by atoms with E-state index in [1.165, 1.54) is 0 Å². The van der Waals surface area contributed by atoms with Crippen molar-refractivity contribution in [2.24, 2.45) is 5.10 Å². The quantitative estimate of drug-likeness (QED) is 0.181. The van der Waals surface area contributed by atoms with E-state index >= 15 is 0 Å². The van der Waals surface area contributed by atoms with E-state index in [0.717, 1.165) is 35.3 Å². The molecule has 0 radical (unpaired) electrons. The minimum absolute atomic E-state index is 0.209. The summed E-state index contributed by atoms with van der Waals surface area (Å²) in [4.78, 5) is 24.6. The van der Waals surface area contributed by atoms with Gasteiger partial charge in [0, 0.05) is 22.9 Å². The standard InChI is InChI=1S/C29H29N5O3/c1-2-3-18-37-26-16-14-23(15-17-26)29(36)30-20-27(35)32-31-19-24-21-34(25-12-8-5-9-13-25)33-28(24)22-10-6-4-7-11-22/h4-17,19,21H,2-3,18,20H2,1H3,(H,30,36)(H,32,35)/b31-19+. The van der Waals surface area contributed by atoms with E-state index in [0.29, 0.717) is 17.9 Å². The molecule has 0 bridgehead atoms. The molecule has 2 N–H and O–H groups in total. The fourth-order valence-corrected chi connectivity index (χ4v) is 3.53. The smallest absolute Gasteiger partial charge is 0.259 e. The molecule has 4 aromatic rings. The Bertz CT molecular complexity index is 1330. The molecule has 3 aromatic carbocycles. The van der Waals surface area contributed by atoms with Crippen molar-refractivity contribution in [2.75, 3.05) is 13.2 Å². The lowest BCUT2D eigenvalue weighted by Crippen LogP contribution is -2.34. The Hall–Kier alpha value is -4.72. The summed E-state index contributed by atoms with van der Waals surface area (Å²) in [7, 11) is 0. The van der Waals surface area contributed by atoms with Crippen LogP contribution in [-0.4, -0.2) is 41.0 Å². The number of benzene rings is 3. The van der Waals surface area contributed by atoms with Crippen molar-refractivity contribution in [3.05, 3.63) is 102 Å². The molecule has 1 aromatic heterocycles. The third kappa shape index (κ3) is 7.14. The van der Waals surface area contributed by atoms with Gasteiger partial charge in [-0.1, -0.05) is 61.9 Å². The molecule has 8 nitrogen and oxygen atoms in total. The zero-order valence-electron chi connectivity index (χ0n) is 20.6. The van der Waals surface area contributed by atoms with Gasteiger partial charge in [-0.3, -0.25) is 9.59 Å². The van der Waals surface area contributed by atoms with Crippen molar-refractivity contribution >= 4 is 18.0 Å². The maximum Gasteiger partial charge on any atom is 0.259 e. The third-order valence-corrected chi connectivity index (χ3v) is 5.50. The molecule has 4 rings (SSSR count). The van der Waals surface area contributed by atoms with Gasteiger partial charge < -0.3 is 10.1 Å². The summed E-state index contributed by atoms with van der Waals surface area (Å²) in [6, 6.07) is 26.3. The van der Waals surface area contributed by atoms with Crippen molar-refractivity contribution in [3.8, 4) is 22.7 Å². The van der Waals surface area contributed by atoms with Gasteiger partial charge in [0.15, 0.2) is 0 Å². The normalized spacial score (nSPS) is 10.8. The van der Waals surface area contributed by atoms with Crippen LogP contribution in [0.5, 0.6) is 5.75 Å². The number of rotatable bonds is 11. The molecule has 0 fully saturated rings. The first-order valence-electron chi connectivity index (χ1n) is 12.2. The van der Waals surface area contributed by atoms with Gasteiger partial charge in [0.1, 0.15) is 11.4 Å². The van der Waals surface area contributed by atoms with E-state index in [4.69, 9.17) is 9.84 Å². The molecule has 188 valence electrons. The molecule has 0 unspecified atom stereocenters. The van der Waals surface area contributed by atoms with Crippen LogP contribution in [0.3, 0.4) is 0 Å². The van der Waals surface area contributed by atoms with Gasteiger partial charge in [-0.15, -0.1) is 0 Å². The summed E-state index contributed by atoms with van der Waals surface area (Å²) in [6.45, 7) is 2.53. The van der Waals surface area contributed by atoms with Crippen LogP contribution >= 0.6 is 0 Å². The molecule has 2 amide bonds. The van der Waals surface area contributed by atoms with Crippen molar-refractivity contribution in [3.63, 3.8) is 0 Å². The highest BCUT2D eigenvalue weighted by Crippen LogP contribution is 2.22. The molecule has 0 saturated carbocycles. The topological polar surface area (TPSA) is 97.6 Å². The molecule has 0 aliphatic heterocycles. The number of unbranched alkanes of at least 4 members (excludes halogenated alkanes) is 1. The van der Waals surface area contributed by atoms with Crippen LogP contribution in [0.25, 0.3) is 16.9 Å². The molecular formula is C29H29N5O3. The summed E-state index contributed by atoms with van der Waals surface area (Å²) >= 11 is 0. The predicted octanol–water partition coefficient (Wildman–Crippen LogP) is 4.60. The van der Waals surface area contributed by atoms with Crippen molar-refractivity contribution < 1.29 is 14.3 Å². The average molecular weight is 496 g/mol. The van der Waals surface area contributed by atoms with Gasteiger partial charge in [0.25, 0.3) is 11.8 Å². The minimum Gasteiger partial charge on any atom is -0.494 e. The number of carbonyl (C=O) groups is 2. The number of para-hydroxylation sites is 1. The van der Waals surface area contributed by atoms with Crippen molar-refractivity contribution in [1.82, 2.24) is 20.5 Å². The number of amides is 2. The second-order valence-corrected chi connectivity index (χ2v) is 8.28. The van der Waals surface area contributed by atoms with E-state index in [9.17, 15) is 9.59 Å².